The van der Waals surface area contributed by atoms with Gasteiger partial charge in [-0.25, -0.2) is 4.98 Å². The Morgan fingerprint density at radius 3 is 2.82 bits per heavy atom. The van der Waals surface area contributed by atoms with Gasteiger partial charge in [0.05, 0.1) is 16.5 Å². The fraction of sp³-hybridized carbons (Fsp3) is 0.188. The van der Waals surface area contributed by atoms with E-state index < -0.39 is 0 Å². The lowest BCUT2D eigenvalue weighted by Gasteiger charge is -2.11. The Kier molecular flexibility index (Phi) is 3.58. The molecule has 3 rings (SSSR count). The van der Waals surface area contributed by atoms with E-state index in [1.54, 1.807) is 36.5 Å². The van der Waals surface area contributed by atoms with Crippen LogP contribution in [0.3, 0.4) is 0 Å². The highest BCUT2D eigenvalue weighted by Gasteiger charge is 2.15. The Bertz CT molecular complexity index is 947. The molecule has 0 aliphatic heterocycles. The van der Waals surface area contributed by atoms with Crippen LogP contribution >= 0.6 is 11.6 Å². The molecule has 5 nitrogen and oxygen atoms in total. The zero-order chi connectivity index (χ0) is 15.9. The normalized spacial score (nSPS) is 11.3. The summed E-state index contributed by atoms with van der Waals surface area (Å²) in [5, 5.41) is 3.71. The van der Waals surface area contributed by atoms with Crippen LogP contribution in [0.25, 0.3) is 16.6 Å². The topological polar surface area (TPSA) is 63.5 Å². The molecule has 6 heteroatoms. The molecule has 0 radical (unpaired) electrons. The molecular weight excluding hydrogens is 302 g/mol. The molecule has 0 saturated heterocycles. The maximum atomic E-state index is 12.6. The molecule has 2 aromatic heterocycles. The summed E-state index contributed by atoms with van der Waals surface area (Å²) in [6, 6.07) is 8.24. The number of fused-ring (bicyclic) bond motifs is 2. The Morgan fingerprint density at radius 1 is 1.32 bits per heavy atom. The summed E-state index contributed by atoms with van der Waals surface area (Å²) >= 11 is 5.94. The molecule has 0 aliphatic rings. The molecule has 0 atom stereocenters. The number of nitrogens with one attached hydrogen (secondary N) is 1. The molecule has 0 fully saturated rings. The van der Waals surface area contributed by atoms with Crippen LogP contribution < -0.4 is 10.9 Å². The number of halogens is 1. The SMILES string of the molecule is CC(C)NC(=O)c1cccn2c(=O)c3cc(Cl)ccc3nc12. The number of benzene rings is 1. The first-order chi connectivity index (χ1) is 10.5. The first-order valence-electron chi connectivity index (χ1n) is 6.89. The van der Waals surface area contributed by atoms with Crippen molar-refractivity contribution >= 4 is 34.1 Å². The molecule has 1 N–H and O–H groups in total. The van der Waals surface area contributed by atoms with Crippen LogP contribution in [-0.2, 0) is 0 Å². The number of amides is 1. The van der Waals surface area contributed by atoms with Crippen LogP contribution in [-0.4, -0.2) is 21.3 Å². The van der Waals surface area contributed by atoms with Gasteiger partial charge in [0.25, 0.3) is 11.5 Å². The van der Waals surface area contributed by atoms with E-state index in [9.17, 15) is 9.59 Å². The summed E-state index contributed by atoms with van der Waals surface area (Å²) in [4.78, 5) is 29.3. The van der Waals surface area contributed by atoms with Crippen molar-refractivity contribution in [1.82, 2.24) is 14.7 Å². The molecular formula is C16H14ClN3O2. The zero-order valence-corrected chi connectivity index (χ0v) is 12.9. The number of pyridine rings is 1. The van der Waals surface area contributed by atoms with Crippen molar-refractivity contribution < 1.29 is 4.79 Å². The molecule has 0 unspecified atom stereocenters. The predicted octanol–water partition coefficient (Wildman–Crippen LogP) is 2.64. The van der Waals surface area contributed by atoms with E-state index in [1.807, 2.05) is 13.8 Å². The summed E-state index contributed by atoms with van der Waals surface area (Å²) in [6.45, 7) is 3.75. The van der Waals surface area contributed by atoms with Crippen LogP contribution in [0.4, 0.5) is 0 Å². The molecule has 0 aliphatic carbocycles. The van der Waals surface area contributed by atoms with Gasteiger partial charge in [0.15, 0.2) is 5.65 Å². The van der Waals surface area contributed by atoms with Gasteiger partial charge in [0.2, 0.25) is 0 Å². The molecule has 0 bridgehead atoms. The second-order valence-electron chi connectivity index (χ2n) is 5.32. The Morgan fingerprint density at radius 2 is 2.09 bits per heavy atom. The van der Waals surface area contributed by atoms with Gasteiger partial charge in [0, 0.05) is 17.3 Å². The number of hydrogen-bond donors (Lipinski definition) is 1. The van der Waals surface area contributed by atoms with E-state index in [0.717, 1.165) is 0 Å². The summed E-state index contributed by atoms with van der Waals surface area (Å²) in [6.07, 6.45) is 1.59. The number of rotatable bonds is 2. The Labute approximate surface area is 131 Å². The second-order valence-corrected chi connectivity index (χ2v) is 5.76. The molecule has 1 aromatic carbocycles. The van der Waals surface area contributed by atoms with Gasteiger partial charge in [-0.3, -0.25) is 14.0 Å². The monoisotopic (exact) mass is 315 g/mol. The van der Waals surface area contributed by atoms with Crippen molar-refractivity contribution in [2.24, 2.45) is 0 Å². The number of hydrogen-bond acceptors (Lipinski definition) is 3. The van der Waals surface area contributed by atoms with Gasteiger partial charge in [0.1, 0.15) is 0 Å². The third-order valence-corrected chi connectivity index (χ3v) is 3.50. The maximum absolute atomic E-state index is 12.6. The lowest BCUT2D eigenvalue weighted by Crippen LogP contribution is -2.31. The minimum absolute atomic E-state index is 0.00117. The van der Waals surface area contributed by atoms with Gasteiger partial charge in [-0.15, -0.1) is 0 Å². The molecule has 0 saturated carbocycles. The highest BCUT2D eigenvalue weighted by atomic mass is 35.5. The van der Waals surface area contributed by atoms with E-state index in [1.165, 1.54) is 4.40 Å². The highest BCUT2D eigenvalue weighted by molar-refractivity contribution is 6.31. The van der Waals surface area contributed by atoms with Crippen LogP contribution in [0, 0.1) is 0 Å². The number of nitrogens with zero attached hydrogens (tertiary/aromatic N) is 2. The zero-order valence-electron chi connectivity index (χ0n) is 12.1. The number of carbonyl (C=O) groups excluding carboxylic acids is 1. The van der Waals surface area contributed by atoms with Crippen molar-refractivity contribution in [3.63, 3.8) is 0 Å². The summed E-state index contributed by atoms with van der Waals surface area (Å²) in [5.41, 5.74) is 0.964. The third-order valence-electron chi connectivity index (χ3n) is 3.27. The predicted molar refractivity (Wildman–Crippen MR) is 86.6 cm³/mol. The smallest absolute Gasteiger partial charge is 0.265 e. The lowest BCUT2D eigenvalue weighted by molar-refractivity contribution is 0.0944. The largest absolute Gasteiger partial charge is 0.350 e. The summed E-state index contributed by atoms with van der Waals surface area (Å²) < 4.78 is 1.37. The van der Waals surface area contributed by atoms with Crippen molar-refractivity contribution in [1.29, 1.82) is 0 Å². The van der Waals surface area contributed by atoms with E-state index in [0.29, 0.717) is 27.1 Å². The molecule has 0 spiro atoms. The number of aromatic nitrogens is 2. The number of carbonyl (C=O) groups is 1. The summed E-state index contributed by atoms with van der Waals surface area (Å²) in [7, 11) is 0. The maximum Gasteiger partial charge on any atom is 0.265 e. The van der Waals surface area contributed by atoms with Gasteiger partial charge in [-0.1, -0.05) is 11.6 Å². The minimum Gasteiger partial charge on any atom is -0.350 e. The average Bonchev–Trinajstić information content (AvgIpc) is 2.47. The standard InChI is InChI=1S/C16H14ClN3O2/c1-9(2)18-15(21)11-4-3-7-20-14(11)19-13-6-5-10(17)8-12(13)16(20)22/h3-9H,1-2H3,(H,18,21). The average molecular weight is 316 g/mol. The van der Waals surface area contributed by atoms with Crippen molar-refractivity contribution in [2.45, 2.75) is 19.9 Å². The van der Waals surface area contributed by atoms with Crippen molar-refractivity contribution in [3.05, 3.63) is 57.5 Å². The first-order valence-corrected chi connectivity index (χ1v) is 7.26. The quantitative estimate of drug-likeness (QED) is 0.739. The fourth-order valence-electron chi connectivity index (χ4n) is 2.32. The van der Waals surface area contributed by atoms with Crippen molar-refractivity contribution in [3.8, 4) is 0 Å². The van der Waals surface area contributed by atoms with E-state index >= 15 is 0 Å². The van der Waals surface area contributed by atoms with Crippen LogP contribution in [0.15, 0.2) is 41.3 Å². The van der Waals surface area contributed by atoms with Crippen LogP contribution in [0.2, 0.25) is 5.02 Å². The van der Waals surface area contributed by atoms with Crippen LogP contribution in [0.5, 0.6) is 0 Å². The molecule has 22 heavy (non-hydrogen) atoms. The van der Waals surface area contributed by atoms with Gasteiger partial charge in [-0.05, 0) is 44.2 Å². The van der Waals surface area contributed by atoms with Gasteiger partial charge >= 0.3 is 0 Å². The minimum atomic E-state index is -0.256. The molecule has 2 heterocycles. The van der Waals surface area contributed by atoms with E-state index in [4.69, 9.17) is 11.6 Å². The highest BCUT2D eigenvalue weighted by Crippen LogP contribution is 2.17. The first kappa shape index (κ1) is 14.5. The van der Waals surface area contributed by atoms with Crippen LogP contribution in [0.1, 0.15) is 24.2 Å². The molecule has 1 amide bonds. The second kappa shape index (κ2) is 5.42. The third kappa shape index (κ3) is 2.44. The van der Waals surface area contributed by atoms with E-state index in [2.05, 4.69) is 10.3 Å². The lowest BCUT2D eigenvalue weighted by atomic mass is 10.2. The fourth-order valence-corrected chi connectivity index (χ4v) is 2.49. The van der Waals surface area contributed by atoms with Crippen molar-refractivity contribution in [2.75, 3.05) is 0 Å². The Hall–Kier alpha value is -2.40. The molecule has 112 valence electrons. The Balaban J connectivity index is 2.33. The molecule has 3 aromatic rings. The summed E-state index contributed by atoms with van der Waals surface area (Å²) in [5.74, 6) is -0.256. The van der Waals surface area contributed by atoms with Gasteiger partial charge in [-0.2, -0.15) is 0 Å². The van der Waals surface area contributed by atoms with Gasteiger partial charge < -0.3 is 5.32 Å². The van der Waals surface area contributed by atoms with E-state index in [-0.39, 0.29) is 17.5 Å².